The SMILES string of the molecule is CC(C)(C)NS(=O)(=O)N[C@H](CC(N)=O)C(=O)O. The second-order valence-electron chi connectivity index (χ2n) is 4.53. The Morgan fingerprint density at radius 2 is 1.82 bits per heavy atom. The summed E-state index contributed by atoms with van der Waals surface area (Å²) in [6, 6.07) is -1.58. The van der Waals surface area contributed by atoms with Gasteiger partial charge in [0.25, 0.3) is 10.2 Å². The second-order valence-corrected chi connectivity index (χ2v) is 5.98. The molecule has 1 atom stereocenters. The van der Waals surface area contributed by atoms with E-state index in [0.717, 1.165) is 0 Å². The van der Waals surface area contributed by atoms with Crippen molar-refractivity contribution in [3.05, 3.63) is 0 Å². The van der Waals surface area contributed by atoms with Gasteiger partial charge < -0.3 is 10.8 Å². The van der Waals surface area contributed by atoms with Crippen LogP contribution in [0.5, 0.6) is 0 Å². The monoisotopic (exact) mass is 267 g/mol. The highest BCUT2D eigenvalue weighted by atomic mass is 32.2. The van der Waals surface area contributed by atoms with E-state index >= 15 is 0 Å². The summed E-state index contributed by atoms with van der Waals surface area (Å²) in [4.78, 5) is 21.3. The number of carbonyl (C=O) groups excluding carboxylic acids is 1. The number of nitrogens with two attached hydrogens (primary N) is 1. The predicted octanol–water partition coefficient (Wildman–Crippen LogP) is -1.46. The Kier molecular flexibility index (Phi) is 5.05. The smallest absolute Gasteiger partial charge is 0.322 e. The number of aliphatic carboxylic acids is 1. The fraction of sp³-hybridized carbons (Fsp3) is 0.750. The number of primary amides is 1. The molecule has 9 heteroatoms. The highest BCUT2D eigenvalue weighted by Crippen LogP contribution is 2.02. The third-order valence-corrected chi connectivity index (χ3v) is 2.92. The molecule has 0 radical (unpaired) electrons. The van der Waals surface area contributed by atoms with Gasteiger partial charge in [-0.05, 0) is 20.8 Å². The van der Waals surface area contributed by atoms with Gasteiger partial charge in [0.1, 0.15) is 6.04 Å². The number of rotatable bonds is 6. The van der Waals surface area contributed by atoms with Gasteiger partial charge in [-0.25, -0.2) is 0 Å². The standard InChI is InChI=1S/C8H17N3O5S/c1-8(2,3)11-17(15,16)10-5(7(13)14)4-6(9)12/h5,10-11H,4H2,1-3H3,(H2,9,12)(H,13,14)/t5-/m1/s1. The topological polar surface area (TPSA) is 139 Å². The minimum atomic E-state index is -4.02. The Hall–Kier alpha value is -1.19. The lowest BCUT2D eigenvalue weighted by molar-refractivity contribution is -0.140. The van der Waals surface area contributed by atoms with Crippen LogP contribution in [0.25, 0.3) is 0 Å². The van der Waals surface area contributed by atoms with Crippen LogP contribution in [0, 0.1) is 0 Å². The van der Waals surface area contributed by atoms with Gasteiger partial charge in [0.2, 0.25) is 5.91 Å². The molecule has 100 valence electrons. The fourth-order valence-corrected chi connectivity index (χ4v) is 2.42. The Bertz CT molecular complexity index is 398. The molecule has 0 heterocycles. The molecule has 0 saturated carbocycles. The van der Waals surface area contributed by atoms with Gasteiger partial charge in [-0.1, -0.05) is 0 Å². The predicted molar refractivity (Wildman–Crippen MR) is 60.2 cm³/mol. The summed E-state index contributed by atoms with van der Waals surface area (Å²) in [6.07, 6.45) is -0.611. The summed E-state index contributed by atoms with van der Waals surface area (Å²) in [5.74, 6) is -2.38. The average molecular weight is 267 g/mol. The number of hydrogen-bond donors (Lipinski definition) is 4. The third-order valence-electron chi connectivity index (χ3n) is 1.44. The van der Waals surface area contributed by atoms with Crippen molar-refractivity contribution in [2.45, 2.75) is 38.8 Å². The molecule has 0 aromatic rings. The molecule has 0 rings (SSSR count). The highest BCUT2D eigenvalue weighted by Gasteiger charge is 2.28. The van der Waals surface area contributed by atoms with Crippen LogP contribution in [0.3, 0.4) is 0 Å². The van der Waals surface area contributed by atoms with Gasteiger partial charge in [-0.15, -0.1) is 0 Å². The van der Waals surface area contributed by atoms with Crippen LogP contribution in [0.1, 0.15) is 27.2 Å². The molecule has 17 heavy (non-hydrogen) atoms. The van der Waals surface area contributed by atoms with Crippen molar-refractivity contribution in [2.75, 3.05) is 0 Å². The van der Waals surface area contributed by atoms with Crippen molar-refractivity contribution in [2.24, 2.45) is 5.73 Å². The maximum Gasteiger partial charge on any atom is 0.322 e. The second kappa shape index (κ2) is 5.43. The van der Waals surface area contributed by atoms with E-state index in [1.165, 1.54) is 0 Å². The molecule has 0 aliphatic rings. The number of nitrogens with one attached hydrogen (secondary N) is 2. The largest absolute Gasteiger partial charge is 0.480 e. The molecule has 0 aromatic carbocycles. The number of hydrogen-bond acceptors (Lipinski definition) is 4. The first-order chi connectivity index (χ1) is 7.43. The normalized spacial score (nSPS) is 14.3. The molecular formula is C8H17N3O5S. The van der Waals surface area contributed by atoms with Crippen molar-refractivity contribution >= 4 is 22.1 Å². The molecule has 0 unspecified atom stereocenters. The minimum Gasteiger partial charge on any atom is -0.480 e. The lowest BCUT2D eigenvalue weighted by Crippen LogP contribution is -2.52. The lowest BCUT2D eigenvalue weighted by Gasteiger charge is -2.22. The van der Waals surface area contributed by atoms with E-state index in [1.54, 1.807) is 20.8 Å². The summed E-state index contributed by atoms with van der Waals surface area (Å²) in [7, 11) is -4.02. The number of carboxylic acids is 1. The summed E-state index contributed by atoms with van der Waals surface area (Å²) in [5, 5.41) is 8.72. The molecule has 0 saturated heterocycles. The number of carboxylic acid groups (broad SMARTS) is 1. The van der Waals surface area contributed by atoms with Crippen LogP contribution in [0.4, 0.5) is 0 Å². The Balaban J connectivity index is 4.76. The highest BCUT2D eigenvalue weighted by molar-refractivity contribution is 7.87. The molecule has 5 N–H and O–H groups in total. The van der Waals surface area contributed by atoms with Crippen molar-refractivity contribution in [3.8, 4) is 0 Å². The van der Waals surface area contributed by atoms with E-state index in [-0.39, 0.29) is 0 Å². The minimum absolute atomic E-state index is 0.611. The molecule has 0 aliphatic carbocycles. The van der Waals surface area contributed by atoms with Crippen molar-refractivity contribution in [1.82, 2.24) is 9.44 Å². The first-order valence-electron chi connectivity index (χ1n) is 4.75. The van der Waals surface area contributed by atoms with Gasteiger partial charge in [-0.2, -0.15) is 17.9 Å². The van der Waals surface area contributed by atoms with Gasteiger partial charge >= 0.3 is 5.97 Å². The van der Waals surface area contributed by atoms with Crippen LogP contribution < -0.4 is 15.2 Å². The Labute approximate surface area is 99.7 Å². The molecule has 0 spiro atoms. The van der Waals surface area contributed by atoms with E-state index in [1.807, 2.05) is 4.72 Å². The number of amides is 1. The number of carbonyl (C=O) groups is 2. The van der Waals surface area contributed by atoms with Crippen molar-refractivity contribution in [1.29, 1.82) is 0 Å². The first-order valence-corrected chi connectivity index (χ1v) is 6.23. The van der Waals surface area contributed by atoms with Crippen LogP contribution in [-0.2, 0) is 19.8 Å². The summed E-state index contributed by atoms with van der Waals surface area (Å²) < 4.78 is 27.1. The average Bonchev–Trinajstić information content (AvgIpc) is 1.95. The van der Waals surface area contributed by atoms with Crippen LogP contribution in [0.15, 0.2) is 0 Å². The zero-order valence-electron chi connectivity index (χ0n) is 9.85. The Morgan fingerprint density at radius 1 is 1.35 bits per heavy atom. The summed E-state index contributed by atoms with van der Waals surface area (Å²) >= 11 is 0. The third kappa shape index (κ3) is 7.66. The quantitative estimate of drug-likeness (QED) is 0.465. The molecule has 8 nitrogen and oxygen atoms in total. The molecule has 0 aliphatic heterocycles. The van der Waals surface area contributed by atoms with E-state index < -0.39 is 40.1 Å². The van der Waals surface area contributed by atoms with Gasteiger partial charge in [0.05, 0.1) is 6.42 Å². The van der Waals surface area contributed by atoms with Crippen molar-refractivity contribution < 1.29 is 23.1 Å². The van der Waals surface area contributed by atoms with E-state index in [9.17, 15) is 18.0 Å². The molecule has 0 bridgehead atoms. The van der Waals surface area contributed by atoms with Crippen LogP contribution in [-0.4, -0.2) is 37.0 Å². The first kappa shape index (κ1) is 15.8. The van der Waals surface area contributed by atoms with E-state index in [4.69, 9.17) is 10.8 Å². The summed E-state index contributed by atoms with van der Waals surface area (Å²) in [5.41, 5.74) is 4.06. The molecular weight excluding hydrogens is 250 g/mol. The maximum atomic E-state index is 11.5. The maximum absolute atomic E-state index is 11.5. The molecule has 1 amide bonds. The van der Waals surface area contributed by atoms with Gasteiger partial charge in [0, 0.05) is 5.54 Å². The molecule has 0 aromatic heterocycles. The lowest BCUT2D eigenvalue weighted by atomic mass is 10.1. The van der Waals surface area contributed by atoms with Gasteiger partial charge in [-0.3, -0.25) is 9.59 Å². The van der Waals surface area contributed by atoms with Crippen LogP contribution in [0.2, 0.25) is 0 Å². The fourth-order valence-electron chi connectivity index (χ4n) is 1.00. The van der Waals surface area contributed by atoms with Gasteiger partial charge in [0.15, 0.2) is 0 Å². The molecule has 0 fully saturated rings. The zero-order chi connectivity index (χ0) is 13.9. The van der Waals surface area contributed by atoms with E-state index in [0.29, 0.717) is 0 Å². The zero-order valence-corrected chi connectivity index (χ0v) is 10.7. The Morgan fingerprint density at radius 3 is 2.12 bits per heavy atom. The summed E-state index contributed by atoms with van der Waals surface area (Å²) in [6.45, 7) is 4.78. The van der Waals surface area contributed by atoms with Crippen molar-refractivity contribution in [3.63, 3.8) is 0 Å². The van der Waals surface area contributed by atoms with E-state index in [2.05, 4.69) is 4.72 Å². The van der Waals surface area contributed by atoms with Crippen LogP contribution >= 0.6 is 0 Å².